The lowest BCUT2D eigenvalue weighted by Gasteiger charge is -2.17. The number of carbonyl (C=O) groups excluding carboxylic acids is 2. The summed E-state index contributed by atoms with van der Waals surface area (Å²) < 4.78 is 12.9. The normalized spacial score (nSPS) is 27.8. The number of carboxylic acid groups (broad SMARTS) is 1. The van der Waals surface area contributed by atoms with Crippen molar-refractivity contribution in [2.75, 3.05) is 0 Å². The Morgan fingerprint density at radius 3 is 2.46 bits per heavy atom. The number of carboxylic acids is 1. The van der Waals surface area contributed by atoms with Crippen molar-refractivity contribution in [2.24, 2.45) is 0 Å². The zero-order chi connectivity index (χ0) is 10.2. The van der Waals surface area contributed by atoms with Crippen LogP contribution in [0.4, 0.5) is 4.39 Å². The summed E-state index contributed by atoms with van der Waals surface area (Å²) in [5, 5.41) is 8.53. The van der Waals surface area contributed by atoms with Crippen LogP contribution < -0.4 is 0 Å². The van der Waals surface area contributed by atoms with Crippen molar-refractivity contribution in [3.8, 4) is 0 Å². The molecule has 2 amide bonds. The van der Waals surface area contributed by atoms with Crippen LogP contribution in [-0.4, -0.2) is 40.0 Å². The minimum absolute atomic E-state index is 0.451. The number of amides is 2. The van der Waals surface area contributed by atoms with Crippen molar-refractivity contribution in [1.29, 1.82) is 0 Å². The van der Waals surface area contributed by atoms with Crippen LogP contribution in [0.5, 0.6) is 0 Å². The Hall–Kier alpha value is -1.46. The highest BCUT2D eigenvalue weighted by Gasteiger charge is 2.46. The highest BCUT2D eigenvalue weighted by atomic mass is 19.1. The molecule has 1 N–H and O–H groups in total. The summed E-state index contributed by atoms with van der Waals surface area (Å²) in [6, 6.07) is -1.65. The molecule has 1 saturated heterocycles. The molecule has 0 saturated carbocycles. The number of carbonyl (C=O) groups is 3. The lowest BCUT2D eigenvalue weighted by molar-refractivity contribution is -0.154. The third-order valence-electron chi connectivity index (χ3n) is 1.85. The SMILES string of the molecule is CC(=O)N1C(=O)CC(F)C1C(=O)O. The Morgan fingerprint density at radius 2 is 2.15 bits per heavy atom. The Balaban J connectivity index is 2.96. The minimum Gasteiger partial charge on any atom is -0.480 e. The zero-order valence-electron chi connectivity index (χ0n) is 6.86. The van der Waals surface area contributed by atoms with Gasteiger partial charge in [-0.15, -0.1) is 0 Å². The van der Waals surface area contributed by atoms with Crippen LogP contribution in [0.3, 0.4) is 0 Å². The van der Waals surface area contributed by atoms with Gasteiger partial charge in [0.2, 0.25) is 11.8 Å². The summed E-state index contributed by atoms with van der Waals surface area (Å²) in [6.07, 6.45) is -2.33. The molecule has 1 rings (SSSR count). The molecule has 1 aliphatic heterocycles. The van der Waals surface area contributed by atoms with Crippen LogP contribution in [0.25, 0.3) is 0 Å². The van der Waals surface area contributed by atoms with E-state index in [0.717, 1.165) is 6.92 Å². The van der Waals surface area contributed by atoms with Crippen molar-refractivity contribution in [2.45, 2.75) is 25.6 Å². The van der Waals surface area contributed by atoms with Crippen molar-refractivity contribution in [1.82, 2.24) is 4.90 Å². The molecule has 2 unspecified atom stereocenters. The molecule has 5 nitrogen and oxygen atoms in total. The van der Waals surface area contributed by atoms with Crippen LogP contribution in [0.1, 0.15) is 13.3 Å². The fourth-order valence-corrected chi connectivity index (χ4v) is 1.33. The van der Waals surface area contributed by atoms with Gasteiger partial charge in [-0.05, 0) is 0 Å². The molecule has 0 spiro atoms. The third kappa shape index (κ3) is 1.51. The molecule has 1 heterocycles. The van der Waals surface area contributed by atoms with E-state index < -0.39 is 36.4 Å². The summed E-state index contributed by atoms with van der Waals surface area (Å²) in [6.45, 7) is 1.03. The van der Waals surface area contributed by atoms with E-state index >= 15 is 0 Å². The molecular weight excluding hydrogens is 181 g/mol. The average molecular weight is 189 g/mol. The summed E-state index contributed by atoms with van der Waals surface area (Å²) in [5.41, 5.74) is 0. The molecule has 1 fully saturated rings. The first-order valence-corrected chi connectivity index (χ1v) is 3.64. The van der Waals surface area contributed by atoms with E-state index in [1.807, 2.05) is 0 Å². The number of hydrogen-bond acceptors (Lipinski definition) is 3. The standard InChI is InChI=1S/C7H8FNO4/c1-3(10)9-5(11)2-4(8)6(9)7(12)13/h4,6H,2H2,1H3,(H,12,13). The Morgan fingerprint density at radius 1 is 1.62 bits per heavy atom. The smallest absolute Gasteiger partial charge is 0.329 e. The molecule has 1 aliphatic rings. The Kier molecular flexibility index (Phi) is 2.31. The van der Waals surface area contributed by atoms with E-state index in [1.54, 1.807) is 0 Å². The first-order valence-electron chi connectivity index (χ1n) is 3.64. The van der Waals surface area contributed by atoms with Gasteiger partial charge in [-0.3, -0.25) is 14.5 Å². The van der Waals surface area contributed by atoms with Crippen molar-refractivity contribution < 1.29 is 23.9 Å². The van der Waals surface area contributed by atoms with E-state index in [9.17, 15) is 18.8 Å². The monoisotopic (exact) mass is 189 g/mol. The van der Waals surface area contributed by atoms with Crippen LogP contribution in [0.2, 0.25) is 0 Å². The number of hydrogen-bond donors (Lipinski definition) is 1. The molecule has 2 atom stereocenters. The number of alkyl halides is 1. The quantitative estimate of drug-likeness (QED) is 0.606. The average Bonchev–Trinajstić information content (AvgIpc) is 2.24. The summed E-state index contributed by atoms with van der Waals surface area (Å²) in [4.78, 5) is 32.7. The third-order valence-corrected chi connectivity index (χ3v) is 1.85. The lowest BCUT2D eigenvalue weighted by atomic mass is 10.2. The van der Waals surface area contributed by atoms with Gasteiger partial charge in [-0.25, -0.2) is 9.18 Å². The van der Waals surface area contributed by atoms with E-state index in [4.69, 9.17) is 5.11 Å². The summed E-state index contributed by atoms with van der Waals surface area (Å²) in [5.74, 6) is -3.00. The fraction of sp³-hybridized carbons (Fsp3) is 0.571. The molecular formula is C7H8FNO4. The van der Waals surface area contributed by atoms with E-state index in [-0.39, 0.29) is 0 Å². The maximum Gasteiger partial charge on any atom is 0.329 e. The van der Waals surface area contributed by atoms with Gasteiger partial charge in [0.1, 0.15) is 6.17 Å². The number of nitrogens with zero attached hydrogens (tertiary/aromatic N) is 1. The molecule has 6 heteroatoms. The Bertz CT molecular complexity index is 278. The topological polar surface area (TPSA) is 74.7 Å². The summed E-state index contributed by atoms with van der Waals surface area (Å²) >= 11 is 0. The number of likely N-dealkylation sites (tertiary alicyclic amines) is 1. The van der Waals surface area contributed by atoms with Crippen LogP contribution in [0.15, 0.2) is 0 Å². The largest absolute Gasteiger partial charge is 0.480 e. The fourth-order valence-electron chi connectivity index (χ4n) is 1.33. The number of aliphatic carboxylic acids is 1. The van der Waals surface area contributed by atoms with Crippen LogP contribution in [0, 0.1) is 0 Å². The predicted molar refractivity (Wildman–Crippen MR) is 38.5 cm³/mol. The van der Waals surface area contributed by atoms with E-state index in [0.29, 0.717) is 4.90 Å². The van der Waals surface area contributed by atoms with Crippen LogP contribution in [-0.2, 0) is 14.4 Å². The molecule has 0 radical (unpaired) electrons. The van der Waals surface area contributed by atoms with Gasteiger partial charge < -0.3 is 5.11 Å². The maximum absolute atomic E-state index is 12.9. The van der Waals surface area contributed by atoms with Gasteiger partial charge in [0.05, 0.1) is 6.42 Å². The second kappa shape index (κ2) is 3.12. The van der Waals surface area contributed by atoms with Crippen molar-refractivity contribution >= 4 is 17.8 Å². The highest BCUT2D eigenvalue weighted by molar-refractivity contribution is 6.01. The molecule has 0 aromatic rings. The van der Waals surface area contributed by atoms with Gasteiger partial charge in [-0.1, -0.05) is 0 Å². The van der Waals surface area contributed by atoms with Crippen LogP contribution >= 0.6 is 0 Å². The molecule has 0 bridgehead atoms. The van der Waals surface area contributed by atoms with E-state index in [1.165, 1.54) is 0 Å². The zero-order valence-corrected chi connectivity index (χ0v) is 6.86. The van der Waals surface area contributed by atoms with Gasteiger partial charge >= 0.3 is 5.97 Å². The number of imide groups is 1. The molecule has 13 heavy (non-hydrogen) atoms. The lowest BCUT2D eigenvalue weighted by Crippen LogP contribution is -2.44. The van der Waals surface area contributed by atoms with Gasteiger partial charge in [0.15, 0.2) is 6.04 Å². The highest BCUT2D eigenvalue weighted by Crippen LogP contribution is 2.22. The minimum atomic E-state index is -1.80. The van der Waals surface area contributed by atoms with E-state index in [2.05, 4.69) is 0 Å². The second-order valence-electron chi connectivity index (χ2n) is 2.79. The molecule has 0 aliphatic carbocycles. The molecule has 0 aromatic heterocycles. The molecule has 0 aromatic carbocycles. The predicted octanol–water partition coefficient (Wildman–Crippen LogP) is -0.444. The first kappa shape index (κ1) is 9.63. The number of rotatable bonds is 1. The van der Waals surface area contributed by atoms with Crippen molar-refractivity contribution in [3.05, 3.63) is 0 Å². The Labute approximate surface area is 73.1 Å². The molecule has 72 valence electrons. The van der Waals surface area contributed by atoms with Gasteiger partial charge in [0.25, 0.3) is 0 Å². The maximum atomic E-state index is 12.9. The summed E-state index contributed by atoms with van der Waals surface area (Å²) in [7, 11) is 0. The van der Waals surface area contributed by atoms with Crippen molar-refractivity contribution in [3.63, 3.8) is 0 Å². The first-order chi connectivity index (χ1) is 5.95. The van der Waals surface area contributed by atoms with Gasteiger partial charge in [0, 0.05) is 6.92 Å². The number of halogens is 1. The van der Waals surface area contributed by atoms with Gasteiger partial charge in [-0.2, -0.15) is 0 Å². The second-order valence-corrected chi connectivity index (χ2v) is 2.79.